The zero-order valence-corrected chi connectivity index (χ0v) is 21.0. The minimum Gasteiger partial charge on any atom is -0.497 e. The van der Waals surface area contributed by atoms with Gasteiger partial charge in [0.15, 0.2) is 6.17 Å². The molecule has 37 heavy (non-hydrogen) atoms. The van der Waals surface area contributed by atoms with Crippen LogP contribution in [-0.4, -0.2) is 69.6 Å². The van der Waals surface area contributed by atoms with Crippen LogP contribution in [0.25, 0.3) is 0 Å². The Hall–Kier alpha value is -4.74. The topological polar surface area (TPSA) is 124 Å². The van der Waals surface area contributed by atoms with Gasteiger partial charge in [-0.2, -0.15) is 15.1 Å². The van der Waals surface area contributed by atoms with Gasteiger partial charge in [-0.25, -0.2) is 10.0 Å². The van der Waals surface area contributed by atoms with Crippen LogP contribution in [0.4, 0.5) is 0 Å². The second-order valence-corrected chi connectivity index (χ2v) is 8.29. The van der Waals surface area contributed by atoms with E-state index in [0.29, 0.717) is 22.1 Å². The van der Waals surface area contributed by atoms with Crippen LogP contribution in [-0.2, 0) is 25.6 Å². The van der Waals surface area contributed by atoms with E-state index in [1.807, 2.05) is 0 Å². The number of carbonyl (C=O) groups is 4. The molecule has 0 radical (unpaired) electrons. The average molecular weight is 507 g/mol. The summed E-state index contributed by atoms with van der Waals surface area (Å²) < 4.78 is 10.4. The van der Waals surface area contributed by atoms with Crippen molar-refractivity contribution < 1.29 is 28.7 Å². The van der Waals surface area contributed by atoms with E-state index in [9.17, 15) is 19.2 Å². The molecule has 1 unspecified atom stereocenters. The number of amides is 4. The Labute approximate surface area is 213 Å². The molecule has 192 valence electrons. The molecule has 2 aliphatic heterocycles. The highest BCUT2D eigenvalue weighted by Crippen LogP contribution is 2.36. The van der Waals surface area contributed by atoms with Gasteiger partial charge in [0.1, 0.15) is 17.2 Å². The zero-order valence-electron chi connectivity index (χ0n) is 21.0. The number of methoxy groups -OCH3 is 2. The first-order chi connectivity index (χ1) is 17.7. The number of hydrazone groups is 2. The Bertz CT molecular complexity index is 1290. The number of guanidine groups is 1. The molecule has 2 heterocycles. The summed E-state index contributed by atoms with van der Waals surface area (Å²) in [5.41, 5.74) is 1.41. The number of hydrazine groups is 1. The van der Waals surface area contributed by atoms with E-state index in [1.54, 1.807) is 55.6 Å². The van der Waals surface area contributed by atoms with E-state index in [0.717, 1.165) is 29.4 Å². The SMILES string of the molecule is COc1ccc(CC2=NN3C(=NN(C(C)=O)C3c3ccc(OC)cc3)N(N(C(C)=O)C(C)=O)C2=O)cc1. The summed E-state index contributed by atoms with van der Waals surface area (Å²) in [7, 11) is 3.09. The van der Waals surface area contributed by atoms with Crippen molar-refractivity contribution >= 4 is 35.3 Å². The molecule has 0 aliphatic carbocycles. The van der Waals surface area contributed by atoms with E-state index in [-0.39, 0.29) is 18.1 Å². The van der Waals surface area contributed by atoms with E-state index in [2.05, 4.69) is 10.2 Å². The number of benzene rings is 2. The summed E-state index contributed by atoms with van der Waals surface area (Å²) in [6.07, 6.45) is -0.789. The third kappa shape index (κ3) is 4.73. The lowest BCUT2D eigenvalue weighted by Gasteiger charge is -2.37. The van der Waals surface area contributed by atoms with Gasteiger partial charge in [-0.3, -0.25) is 19.2 Å². The summed E-state index contributed by atoms with van der Waals surface area (Å²) in [4.78, 5) is 51.2. The van der Waals surface area contributed by atoms with Crippen molar-refractivity contribution in [1.82, 2.24) is 20.0 Å². The molecule has 0 saturated heterocycles. The van der Waals surface area contributed by atoms with Gasteiger partial charge in [0, 0.05) is 27.2 Å². The number of carbonyl (C=O) groups excluding carboxylic acids is 4. The molecular formula is C25H26N6O6. The largest absolute Gasteiger partial charge is 0.497 e. The number of imide groups is 1. The number of hydrogen-bond acceptors (Lipinski definition) is 9. The van der Waals surface area contributed by atoms with E-state index < -0.39 is 29.8 Å². The quantitative estimate of drug-likeness (QED) is 0.586. The first-order valence-corrected chi connectivity index (χ1v) is 11.3. The van der Waals surface area contributed by atoms with Crippen LogP contribution in [0, 0.1) is 0 Å². The van der Waals surface area contributed by atoms with Crippen molar-refractivity contribution in [3.8, 4) is 11.5 Å². The summed E-state index contributed by atoms with van der Waals surface area (Å²) >= 11 is 0. The molecule has 0 bridgehead atoms. The molecule has 2 aromatic rings. The fraction of sp³-hybridized carbons (Fsp3) is 0.280. The summed E-state index contributed by atoms with van der Waals surface area (Å²) in [5, 5.41) is 13.0. The van der Waals surface area contributed by atoms with Gasteiger partial charge in [0.25, 0.3) is 11.9 Å². The lowest BCUT2D eigenvalue weighted by molar-refractivity contribution is -0.162. The molecule has 0 N–H and O–H groups in total. The maximum Gasteiger partial charge on any atom is 0.296 e. The summed E-state index contributed by atoms with van der Waals surface area (Å²) in [6.45, 7) is 3.64. The first kappa shape index (κ1) is 25.4. The maximum absolute atomic E-state index is 13.6. The van der Waals surface area contributed by atoms with Crippen LogP contribution in [0.15, 0.2) is 58.7 Å². The minimum absolute atomic E-state index is 0.0422. The smallest absolute Gasteiger partial charge is 0.296 e. The van der Waals surface area contributed by atoms with Crippen LogP contribution in [0.5, 0.6) is 11.5 Å². The van der Waals surface area contributed by atoms with Crippen LogP contribution < -0.4 is 9.47 Å². The van der Waals surface area contributed by atoms with Gasteiger partial charge in [0.05, 0.1) is 14.2 Å². The number of rotatable bonds is 6. The monoisotopic (exact) mass is 506 g/mol. The van der Waals surface area contributed by atoms with Crippen LogP contribution in [0.1, 0.15) is 38.1 Å². The third-order valence-electron chi connectivity index (χ3n) is 5.79. The lowest BCUT2D eigenvalue weighted by Crippen LogP contribution is -2.61. The molecule has 2 aromatic carbocycles. The molecule has 4 rings (SSSR count). The Morgan fingerprint density at radius 3 is 1.89 bits per heavy atom. The highest BCUT2D eigenvalue weighted by molar-refractivity contribution is 6.43. The molecule has 0 aromatic heterocycles. The van der Waals surface area contributed by atoms with Gasteiger partial charge < -0.3 is 9.47 Å². The standard InChI is InChI=1S/C25H26N6O6/c1-15(32)28-23(19-8-12-21(37-5)13-9-19)29-25(27-28)31(30(16(2)33)17(3)34)24(35)22(26-29)14-18-6-10-20(36-4)11-7-18/h6-13,23H,14H2,1-5H3. The van der Waals surface area contributed by atoms with E-state index in [1.165, 1.54) is 19.0 Å². The van der Waals surface area contributed by atoms with Crippen LogP contribution >= 0.6 is 0 Å². The molecule has 4 amide bonds. The summed E-state index contributed by atoms with van der Waals surface area (Å²) in [5.74, 6) is -1.44. The highest BCUT2D eigenvalue weighted by Gasteiger charge is 2.49. The fourth-order valence-electron chi connectivity index (χ4n) is 4.07. The Kier molecular flexibility index (Phi) is 6.92. The number of hydrogen-bond donors (Lipinski definition) is 0. The van der Waals surface area contributed by atoms with Crippen molar-refractivity contribution in [2.45, 2.75) is 33.4 Å². The van der Waals surface area contributed by atoms with Gasteiger partial charge in [-0.15, -0.1) is 5.10 Å². The lowest BCUT2D eigenvalue weighted by atomic mass is 10.1. The van der Waals surface area contributed by atoms with E-state index >= 15 is 0 Å². The van der Waals surface area contributed by atoms with Crippen molar-refractivity contribution in [2.24, 2.45) is 10.2 Å². The molecule has 12 heteroatoms. The van der Waals surface area contributed by atoms with Gasteiger partial charge in [0.2, 0.25) is 17.7 Å². The molecular weight excluding hydrogens is 480 g/mol. The fourth-order valence-corrected chi connectivity index (χ4v) is 4.07. The molecule has 0 fully saturated rings. The van der Waals surface area contributed by atoms with Crippen molar-refractivity contribution in [2.75, 3.05) is 14.2 Å². The molecule has 2 aliphatic rings. The predicted molar refractivity (Wildman–Crippen MR) is 132 cm³/mol. The second kappa shape index (κ2) is 10.1. The Morgan fingerprint density at radius 2 is 1.41 bits per heavy atom. The normalized spacial score (nSPS) is 16.6. The zero-order chi connectivity index (χ0) is 26.9. The van der Waals surface area contributed by atoms with E-state index in [4.69, 9.17) is 9.47 Å². The van der Waals surface area contributed by atoms with Gasteiger partial charge in [-0.1, -0.05) is 24.3 Å². The molecule has 12 nitrogen and oxygen atoms in total. The predicted octanol–water partition coefficient (Wildman–Crippen LogP) is 1.89. The third-order valence-corrected chi connectivity index (χ3v) is 5.79. The minimum atomic E-state index is -0.874. The maximum atomic E-state index is 13.6. The second-order valence-electron chi connectivity index (χ2n) is 8.29. The Morgan fingerprint density at radius 1 is 0.865 bits per heavy atom. The van der Waals surface area contributed by atoms with Crippen molar-refractivity contribution in [3.63, 3.8) is 0 Å². The molecule has 1 atom stereocenters. The molecule has 0 spiro atoms. The van der Waals surface area contributed by atoms with Crippen LogP contribution in [0.2, 0.25) is 0 Å². The number of nitrogens with zero attached hydrogens (tertiary/aromatic N) is 6. The van der Waals surface area contributed by atoms with Gasteiger partial charge in [-0.05, 0) is 35.4 Å². The number of fused-ring (bicyclic) bond motifs is 1. The average Bonchev–Trinajstić information content (AvgIpc) is 3.25. The van der Waals surface area contributed by atoms with Gasteiger partial charge >= 0.3 is 0 Å². The molecule has 0 saturated carbocycles. The first-order valence-electron chi connectivity index (χ1n) is 11.3. The van der Waals surface area contributed by atoms with Crippen LogP contribution in [0.3, 0.4) is 0 Å². The number of ether oxygens (including phenoxy) is 2. The van der Waals surface area contributed by atoms with Crippen molar-refractivity contribution in [3.05, 3.63) is 59.7 Å². The highest BCUT2D eigenvalue weighted by atomic mass is 16.5. The Balaban J connectivity index is 1.85. The summed E-state index contributed by atoms with van der Waals surface area (Å²) in [6, 6.07) is 14.0. The van der Waals surface area contributed by atoms with Crippen molar-refractivity contribution in [1.29, 1.82) is 0 Å².